The monoisotopic (exact) mass is 149 g/mol. The maximum Gasteiger partial charge on any atom is 0.112 e. The van der Waals surface area contributed by atoms with Crippen molar-refractivity contribution in [2.24, 2.45) is 0 Å². The second-order valence-corrected chi connectivity index (χ2v) is 2.61. The Morgan fingerprint density at radius 1 is 1.45 bits per heavy atom. The van der Waals surface area contributed by atoms with E-state index in [0.717, 1.165) is 5.56 Å². The van der Waals surface area contributed by atoms with E-state index in [0.29, 0.717) is 0 Å². The zero-order valence-electron chi connectivity index (χ0n) is 6.03. The molecule has 1 radical (unpaired) electrons. The van der Waals surface area contributed by atoms with Gasteiger partial charge in [0.2, 0.25) is 0 Å². The van der Waals surface area contributed by atoms with Crippen LogP contribution in [0.5, 0.6) is 0 Å². The minimum absolute atomic E-state index is 0.0254. The average molecular weight is 149 g/mol. The highest BCUT2D eigenvalue weighted by Crippen LogP contribution is 2.37. The predicted octanol–water partition coefficient (Wildman–Crippen LogP) is 0.919. The number of hydrogen-bond acceptors (Lipinski definition) is 2. The molecular formula is C9H9O2. The van der Waals surface area contributed by atoms with Gasteiger partial charge in [-0.25, -0.2) is 0 Å². The highest BCUT2D eigenvalue weighted by molar-refractivity contribution is 5.21. The van der Waals surface area contributed by atoms with Gasteiger partial charge in [0.15, 0.2) is 0 Å². The Kier molecular flexibility index (Phi) is 1.64. The summed E-state index contributed by atoms with van der Waals surface area (Å²) in [6.45, 7) is 0.114. The van der Waals surface area contributed by atoms with Gasteiger partial charge in [-0.2, -0.15) is 0 Å². The molecule has 2 unspecified atom stereocenters. The number of epoxide rings is 1. The van der Waals surface area contributed by atoms with E-state index < -0.39 is 0 Å². The fourth-order valence-electron chi connectivity index (χ4n) is 1.16. The van der Waals surface area contributed by atoms with Crippen LogP contribution in [0.1, 0.15) is 11.7 Å². The summed E-state index contributed by atoms with van der Waals surface area (Å²) < 4.78 is 5.19. The predicted molar refractivity (Wildman–Crippen MR) is 40.0 cm³/mol. The molecule has 57 valence electrons. The van der Waals surface area contributed by atoms with Crippen LogP contribution >= 0.6 is 0 Å². The molecule has 1 aromatic rings. The van der Waals surface area contributed by atoms with Crippen molar-refractivity contribution in [3.63, 3.8) is 0 Å². The van der Waals surface area contributed by atoms with Gasteiger partial charge in [-0.15, -0.1) is 0 Å². The fraction of sp³-hybridized carbons (Fsp3) is 0.333. The third kappa shape index (κ3) is 1.27. The lowest BCUT2D eigenvalue weighted by Gasteiger charge is -1.91. The Morgan fingerprint density at radius 2 is 2.18 bits per heavy atom. The summed E-state index contributed by atoms with van der Waals surface area (Å²) in [6.07, 6.45) is 0.145. The van der Waals surface area contributed by atoms with Gasteiger partial charge in [0.1, 0.15) is 12.2 Å². The SMILES string of the molecule is OCC1OC1c1cc[c]cc1. The summed E-state index contributed by atoms with van der Waals surface area (Å²) in [7, 11) is 0. The van der Waals surface area contributed by atoms with E-state index in [9.17, 15) is 0 Å². The first-order chi connectivity index (χ1) is 5.42. The number of aliphatic hydroxyl groups is 1. The molecule has 2 rings (SSSR count). The molecule has 0 spiro atoms. The summed E-state index contributed by atoms with van der Waals surface area (Å²) in [6, 6.07) is 10.6. The standard InChI is InChI=1S/C9H9O2/c10-6-8-9(11-8)7-4-2-1-3-5-7/h2-5,8-10H,6H2. The number of aliphatic hydroxyl groups excluding tert-OH is 1. The van der Waals surface area contributed by atoms with Crippen molar-refractivity contribution in [3.8, 4) is 0 Å². The molecule has 11 heavy (non-hydrogen) atoms. The molecule has 0 amide bonds. The van der Waals surface area contributed by atoms with E-state index in [2.05, 4.69) is 6.07 Å². The molecule has 2 nitrogen and oxygen atoms in total. The van der Waals surface area contributed by atoms with Crippen molar-refractivity contribution < 1.29 is 9.84 Å². The molecule has 1 aliphatic heterocycles. The van der Waals surface area contributed by atoms with Crippen LogP contribution in [0, 0.1) is 6.07 Å². The Bertz CT molecular complexity index is 233. The quantitative estimate of drug-likeness (QED) is 0.634. The van der Waals surface area contributed by atoms with E-state index in [1.54, 1.807) is 0 Å². The molecule has 1 heterocycles. The molecule has 0 aliphatic carbocycles. The van der Waals surface area contributed by atoms with Gasteiger partial charge >= 0.3 is 0 Å². The Hall–Kier alpha value is -0.860. The van der Waals surface area contributed by atoms with Crippen molar-refractivity contribution in [2.45, 2.75) is 12.2 Å². The Morgan fingerprint density at radius 3 is 2.73 bits per heavy atom. The van der Waals surface area contributed by atoms with Crippen molar-refractivity contribution in [1.29, 1.82) is 0 Å². The number of hydrogen-bond donors (Lipinski definition) is 1. The number of rotatable bonds is 2. The van der Waals surface area contributed by atoms with Gasteiger partial charge in [0, 0.05) is 0 Å². The van der Waals surface area contributed by atoms with Crippen LogP contribution in [0.25, 0.3) is 0 Å². The highest BCUT2D eigenvalue weighted by atomic mass is 16.6. The van der Waals surface area contributed by atoms with Crippen molar-refractivity contribution in [3.05, 3.63) is 35.9 Å². The van der Waals surface area contributed by atoms with Gasteiger partial charge in [0.25, 0.3) is 0 Å². The number of benzene rings is 1. The fourth-order valence-corrected chi connectivity index (χ4v) is 1.16. The molecule has 1 aliphatic rings. The van der Waals surface area contributed by atoms with Crippen LogP contribution in [0.2, 0.25) is 0 Å². The Balaban J connectivity index is 2.09. The topological polar surface area (TPSA) is 32.8 Å². The lowest BCUT2D eigenvalue weighted by molar-refractivity contribution is 0.242. The minimum Gasteiger partial charge on any atom is -0.394 e. The minimum atomic E-state index is 0.0254. The van der Waals surface area contributed by atoms with E-state index in [1.807, 2.05) is 24.3 Å². The van der Waals surface area contributed by atoms with Crippen LogP contribution < -0.4 is 0 Å². The molecule has 1 fully saturated rings. The smallest absolute Gasteiger partial charge is 0.112 e. The molecular weight excluding hydrogens is 140 g/mol. The lowest BCUT2D eigenvalue weighted by atomic mass is 10.1. The van der Waals surface area contributed by atoms with E-state index in [-0.39, 0.29) is 18.8 Å². The van der Waals surface area contributed by atoms with Crippen LogP contribution in [-0.2, 0) is 4.74 Å². The van der Waals surface area contributed by atoms with Crippen molar-refractivity contribution in [2.75, 3.05) is 6.61 Å². The van der Waals surface area contributed by atoms with Gasteiger partial charge in [-0.05, 0) is 11.6 Å². The molecule has 1 N–H and O–H groups in total. The second-order valence-electron chi connectivity index (χ2n) is 2.61. The van der Waals surface area contributed by atoms with Crippen molar-refractivity contribution >= 4 is 0 Å². The highest BCUT2D eigenvalue weighted by Gasteiger charge is 2.39. The van der Waals surface area contributed by atoms with E-state index in [1.165, 1.54) is 0 Å². The lowest BCUT2D eigenvalue weighted by Crippen LogP contribution is -1.93. The zero-order chi connectivity index (χ0) is 7.68. The summed E-state index contributed by atoms with van der Waals surface area (Å²) in [4.78, 5) is 0. The molecule has 2 atom stereocenters. The summed E-state index contributed by atoms with van der Waals surface area (Å²) in [5.74, 6) is 0. The first-order valence-corrected chi connectivity index (χ1v) is 3.64. The largest absolute Gasteiger partial charge is 0.394 e. The summed E-state index contributed by atoms with van der Waals surface area (Å²) >= 11 is 0. The van der Waals surface area contributed by atoms with Gasteiger partial charge in [0.05, 0.1) is 6.61 Å². The number of ether oxygens (including phenoxy) is 1. The van der Waals surface area contributed by atoms with Crippen LogP contribution in [0.3, 0.4) is 0 Å². The molecule has 0 saturated carbocycles. The van der Waals surface area contributed by atoms with Gasteiger partial charge in [-0.1, -0.05) is 24.3 Å². The first-order valence-electron chi connectivity index (χ1n) is 3.64. The van der Waals surface area contributed by atoms with Gasteiger partial charge < -0.3 is 9.84 Å². The molecule has 0 aromatic heterocycles. The van der Waals surface area contributed by atoms with Crippen LogP contribution in [0.4, 0.5) is 0 Å². The summed E-state index contributed by atoms with van der Waals surface area (Å²) in [5, 5.41) is 8.70. The first kappa shape index (κ1) is 6.83. The maximum absolute atomic E-state index is 8.70. The normalized spacial score (nSPS) is 28.5. The van der Waals surface area contributed by atoms with Crippen molar-refractivity contribution in [1.82, 2.24) is 0 Å². The van der Waals surface area contributed by atoms with Crippen LogP contribution in [0.15, 0.2) is 24.3 Å². The van der Waals surface area contributed by atoms with Gasteiger partial charge in [-0.3, -0.25) is 0 Å². The Labute approximate surface area is 65.4 Å². The van der Waals surface area contributed by atoms with Crippen LogP contribution in [-0.4, -0.2) is 17.8 Å². The molecule has 1 aromatic carbocycles. The van der Waals surface area contributed by atoms with E-state index in [4.69, 9.17) is 9.84 Å². The molecule has 0 bridgehead atoms. The molecule has 1 saturated heterocycles. The third-order valence-corrected chi connectivity index (χ3v) is 1.83. The van der Waals surface area contributed by atoms with E-state index >= 15 is 0 Å². The zero-order valence-corrected chi connectivity index (χ0v) is 6.03. The average Bonchev–Trinajstić information content (AvgIpc) is 2.85. The third-order valence-electron chi connectivity index (χ3n) is 1.83. The molecule has 2 heteroatoms. The maximum atomic E-state index is 8.70. The second kappa shape index (κ2) is 2.64. The summed E-state index contributed by atoms with van der Waals surface area (Å²) in [5.41, 5.74) is 1.13.